The molecular formula is C29H31N7O. The lowest BCUT2D eigenvalue weighted by molar-refractivity contribution is 0.112. The zero-order chi connectivity index (χ0) is 26.4. The Balaban J connectivity index is 0.000000245. The number of nitrogens with two attached hydrogens (primary N) is 1. The molecule has 5 aromatic rings. The second-order valence-electron chi connectivity index (χ2n) is 8.87. The van der Waals surface area contributed by atoms with Crippen LogP contribution < -0.4 is 16.0 Å². The van der Waals surface area contributed by atoms with E-state index in [1.807, 2.05) is 80.1 Å². The molecule has 0 saturated heterocycles. The number of fused-ring (bicyclic) bond motifs is 1. The van der Waals surface area contributed by atoms with Crippen LogP contribution >= 0.6 is 0 Å². The summed E-state index contributed by atoms with van der Waals surface area (Å²) in [6.45, 7) is 2.83. The molecule has 0 aliphatic carbocycles. The first-order valence-corrected chi connectivity index (χ1v) is 11.9. The normalized spacial score (nSPS) is 10.6. The van der Waals surface area contributed by atoms with Gasteiger partial charge in [0.2, 0.25) is 0 Å². The van der Waals surface area contributed by atoms with Crippen LogP contribution in [0, 0.1) is 6.92 Å². The van der Waals surface area contributed by atoms with Crippen molar-refractivity contribution in [1.82, 2.24) is 24.8 Å². The minimum absolute atomic E-state index is 0.451. The minimum Gasteiger partial charge on any atom is -0.383 e. The summed E-state index contributed by atoms with van der Waals surface area (Å²) < 4.78 is 2.03. The van der Waals surface area contributed by atoms with Crippen molar-refractivity contribution in [1.29, 1.82) is 0 Å². The molecule has 0 bridgehead atoms. The number of rotatable bonds is 6. The Labute approximate surface area is 216 Å². The fraction of sp³-hybridized carbons (Fsp3) is 0.172. The molecule has 0 unspecified atom stereocenters. The molecule has 0 saturated carbocycles. The number of nitrogens with zero attached hydrogens (tertiary/aromatic N) is 5. The number of pyridine rings is 2. The van der Waals surface area contributed by atoms with Crippen LogP contribution in [-0.4, -0.2) is 46.9 Å². The number of carbonyl (C=O) groups excluding carboxylic acids is 1. The molecule has 2 aromatic carbocycles. The third kappa shape index (κ3) is 5.82. The molecule has 188 valence electrons. The number of carbonyl (C=O) groups is 1. The smallest absolute Gasteiger partial charge is 0.164 e. The summed E-state index contributed by atoms with van der Waals surface area (Å²) in [6, 6.07) is 21.7. The van der Waals surface area contributed by atoms with E-state index in [0.29, 0.717) is 5.82 Å². The summed E-state index contributed by atoms with van der Waals surface area (Å²) >= 11 is 0. The molecule has 5 rings (SSSR count). The molecule has 3 aromatic heterocycles. The van der Waals surface area contributed by atoms with Gasteiger partial charge in [-0.05, 0) is 67.6 Å². The predicted octanol–water partition coefficient (Wildman–Crippen LogP) is 4.66. The fourth-order valence-corrected chi connectivity index (χ4v) is 3.94. The quantitative estimate of drug-likeness (QED) is 0.332. The van der Waals surface area contributed by atoms with Crippen LogP contribution in [0.1, 0.15) is 21.5 Å². The van der Waals surface area contributed by atoms with E-state index in [-0.39, 0.29) is 0 Å². The highest BCUT2D eigenvalue weighted by molar-refractivity contribution is 5.83. The summed E-state index contributed by atoms with van der Waals surface area (Å²) in [5.41, 5.74) is 13.6. The molecule has 0 radical (unpaired) electrons. The molecule has 0 fully saturated rings. The highest BCUT2D eigenvalue weighted by atomic mass is 16.1. The third-order valence-corrected chi connectivity index (χ3v) is 5.81. The first-order valence-electron chi connectivity index (χ1n) is 11.9. The first kappa shape index (κ1) is 25.5. The largest absolute Gasteiger partial charge is 0.383 e. The Morgan fingerprint density at radius 3 is 2.49 bits per heavy atom. The number of aryl methyl sites for hydroxylation is 1. The summed E-state index contributed by atoms with van der Waals surface area (Å²) in [5, 5.41) is 3.16. The fourth-order valence-electron chi connectivity index (χ4n) is 3.94. The van der Waals surface area contributed by atoms with Gasteiger partial charge >= 0.3 is 0 Å². The first-order chi connectivity index (χ1) is 17.9. The maximum Gasteiger partial charge on any atom is 0.164 e. The van der Waals surface area contributed by atoms with Gasteiger partial charge in [-0.1, -0.05) is 24.3 Å². The Bertz CT molecular complexity index is 1510. The van der Waals surface area contributed by atoms with E-state index in [4.69, 9.17) is 10.7 Å². The van der Waals surface area contributed by atoms with Crippen molar-refractivity contribution in [3.8, 4) is 17.1 Å². The van der Waals surface area contributed by atoms with E-state index < -0.39 is 0 Å². The summed E-state index contributed by atoms with van der Waals surface area (Å²) in [4.78, 5) is 26.0. The molecule has 0 amide bonds. The van der Waals surface area contributed by atoms with Gasteiger partial charge in [0.1, 0.15) is 17.6 Å². The SMILES string of the molecule is CN(C)c1cccc(C=O)c1.CNCc1ccc(-n2c(-c3cccnc3N)nc3cc(C)cnc32)cc1. The molecular weight excluding hydrogens is 462 g/mol. The monoisotopic (exact) mass is 493 g/mol. The van der Waals surface area contributed by atoms with Crippen molar-refractivity contribution in [3.63, 3.8) is 0 Å². The molecule has 37 heavy (non-hydrogen) atoms. The molecule has 3 heterocycles. The second kappa shape index (κ2) is 11.5. The number of hydrogen-bond donors (Lipinski definition) is 2. The maximum atomic E-state index is 10.4. The van der Waals surface area contributed by atoms with E-state index in [2.05, 4.69) is 39.6 Å². The summed E-state index contributed by atoms with van der Waals surface area (Å²) in [5.74, 6) is 1.19. The Hall–Kier alpha value is -4.56. The van der Waals surface area contributed by atoms with Crippen LogP contribution in [0.3, 0.4) is 0 Å². The lowest BCUT2D eigenvalue weighted by atomic mass is 10.2. The number of aromatic nitrogens is 4. The van der Waals surface area contributed by atoms with Gasteiger partial charge < -0.3 is 16.0 Å². The van der Waals surface area contributed by atoms with Crippen molar-refractivity contribution < 1.29 is 4.79 Å². The van der Waals surface area contributed by atoms with Gasteiger partial charge in [-0.3, -0.25) is 9.36 Å². The summed E-state index contributed by atoms with van der Waals surface area (Å²) in [6.07, 6.45) is 4.39. The Kier molecular flexibility index (Phi) is 7.90. The number of imidazole rings is 1. The zero-order valence-electron chi connectivity index (χ0n) is 21.5. The van der Waals surface area contributed by atoms with Gasteiger partial charge in [0, 0.05) is 50.0 Å². The molecule has 8 heteroatoms. The minimum atomic E-state index is 0.451. The van der Waals surface area contributed by atoms with Gasteiger partial charge in [0.25, 0.3) is 0 Å². The van der Waals surface area contributed by atoms with E-state index in [1.54, 1.807) is 12.3 Å². The van der Waals surface area contributed by atoms with Crippen LogP contribution in [0.15, 0.2) is 79.1 Å². The molecule has 0 aliphatic heterocycles. The van der Waals surface area contributed by atoms with E-state index in [0.717, 1.165) is 57.9 Å². The van der Waals surface area contributed by atoms with Crippen LogP contribution in [0.4, 0.5) is 11.5 Å². The number of nitrogen functional groups attached to an aromatic ring is 1. The van der Waals surface area contributed by atoms with Crippen molar-refractivity contribution >= 4 is 29.0 Å². The lowest BCUT2D eigenvalue weighted by Crippen LogP contribution is -2.08. The van der Waals surface area contributed by atoms with Gasteiger partial charge in [-0.2, -0.15) is 0 Å². The maximum absolute atomic E-state index is 10.4. The summed E-state index contributed by atoms with van der Waals surface area (Å²) in [7, 11) is 5.83. The zero-order valence-corrected chi connectivity index (χ0v) is 21.5. The van der Waals surface area contributed by atoms with E-state index in [1.165, 1.54) is 5.56 Å². The van der Waals surface area contributed by atoms with Crippen molar-refractivity contribution in [3.05, 3.63) is 95.8 Å². The van der Waals surface area contributed by atoms with Gasteiger partial charge in [-0.25, -0.2) is 15.0 Å². The predicted molar refractivity (Wildman–Crippen MR) is 150 cm³/mol. The Morgan fingerprint density at radius 2 is 1.81 bits per heavy atom. The number of aldehydes is 1. The van der Waals surface area contributed by atoms with Gasteiger partial charge in [0.05, 0.1) is 5.56 Å². The number of benzene rings is 2. The van der Waals surface area contributed by atoms with Crippen LogP contribution in [0.25, 0.3) is 28.2 Å². The molecule has 0 aliphatic rings. The number of nitrogens with one attached hydrogen (secondary N) is 1. The molecule has 0 spiro atoms. The van der Waals surface area contributed by atoms with Crippen LogP contribution in [-0.2, 0) is 6.54 Å². The number of hydrogen-bond acceptors (Lipinski definition) is 7. The van der Waals surface area contributed by atoms with Gasteiger partial charge in [-0.15, -0.1) is 0 Å². The number of anilines is 2. The van der Waals surface area contributed by atoms with Crippen molar-refractivity contribution in [2.45, 2.75) is 13.5 Å². The Morgan fingerprint density at radius 1 is 1.03 bits per heavy atom. The van der Waals surface area contributed by atoms with Crippen LogP contribution in [0.5, 0.6) is 0 Å². The van der Waals surface area contributed by atoms with E-state index >= 15 is 0 Å². The van der Waals surface area contributed by atoms with Crippen molar-refractivity contribution in [2.24, 2.45) is 0 Å². The topological polar surface area (TPSA) is 102 Å². The van der Waals surface area contributed by atoms with Crippen LogP contribution in [0.2, 0.25) is 0 Å². The highest BCUT2D eigenvalue weighted by Crippen LogP contribution is 2.30. The van der Waals surface area contributed by atoms with E-state index in [9.17, 15) is 4.79 Å². The lowest BCUT2D eigenvalue weighted by Gasteiger charge is -2.11. The van der Waals surface area contributed by atoms with Crippen molar-refractivity contribution in [2.75, 3.05) is 31.8 Å². The standard InChI is InChI=1S/C20H20N6.C9H11NO/c1-13-10-17-20(24-11-13)26(15-7-5-14(6-8-15)12-22-2)19(25-17)16-4-3-9-23-18(16)21;1-10(2)9-5-3-4-8(6-9)7-11/h3-11,22H,12H2,1-2H3,(H2,21,23);3-7H,1-2H3. The highest BCUT2D eigenvalue weighted by Gasteiger charge is 2.17. The average molecular weight is 494 g/mol. The second-order valence-corrected chi connectivity index (χ2v) is 8.87. The average Bonchev–Trinajstić information content (AvgIpc) is 3.28. The third-order valence-electron chi connectivity index (χ3n) is 5.81. The van der Waals surface area contributed by atoms with Gasteiger partial charge in [0.15, 0.2) is 11.5 Å². The molecule has 8 nitrogen and oxygen atoms in total. The molecule has 3 N–H and O–H groups in total. The molecule has 0 atom stereocenters.